The molecule has 0 spiro atoms. The number of pyridine rings is 1. The Morgan fingerprint density at radius 2 is 2.29 bits per heavy atom. The average Bonchev–Trinajstić information content (AvgIpc) is 2.62. The summed E-state index contributed by atoms with van der Waals surface area (Å²) in [5.41, 5.74) is 0.882. The fraction of sp³-hybridized carbons (Fsp3) is 0.111. The third-order valence-electron chi connectivity index (χ3n) is 1.68. The van der Waals surface area contributed by atoms with Crippen molar-refractivity contribution < 1.29 is 4.74 Å². The van der Waals surface area contributed by atoms with Crippen LogP contribution in [0.2, 0.25) is 5.02 Å². The largest absolute Gasteiger partial charge is 0.421 e. The lowest BCUT2D eigenvalue weighted by atomic mass is 10.3. The second-order valence-electron chi connectivity index (χ2n) is 2.79. The highest BCUT2D eigenvalue weighted by Crippen LogP contribution is 2.22. The van der Waals surface area contributed by atoms with E-state index in [9.17, 15) is 0 Å². The summed E-state index contributed by atoms with van der Waals surface area (Å²) < 4.78 is 5.42. The van der Waals surface area contributed by atoms with Gasteiger partial charge in [0.05, 0.1) is 17.5 Å². The topological polar surface area (TPSA) is 50.8 Å². The predicted octanol–water partition coefficient (Wildman–Crippen LogP) is 2.56. The number of ether oxygens (including phenoxy) is 1. The molecule has 0 atom stereocenters. The van der Waals surface area contributed by atoms with E-state index >= 15 is 0 Å². The number of nitrogens with zero attached hydrogens (tertiary/aromatic N) is 2. The van der Waals surface area contributed by atoms with Gasteiger partial charge in [0.2, 0.25) is 11.8 Å². The molecule has 0 radical (unpaired) electrons. The number of nitrogens with one attached hydrogen (secondary N) is 1. The Hall–Kier alpha value is -1.55. The van der Waals surface area contributed by atoms with Crippen LogP contribution in [0.4, 0.5) is 0 Å². The van der Waals surface area contributed by atoms with Crippen LogP contribution < -0.4 is 4.74 Å². The van der Waals surface area contributed by atoms with E-state index in [-0.39, 0.29) is 0 Å². The molecule has 2 rings (SSSR count). The van der Waals surface area contributed by atoms with E-state index in [0.717, 1.165) is 5.56 Å². The van der Waals surface area contributed by atoms with Crippen molar-refractivity contribution in [1.82, 2.24) is 15.0 Å². The first-order valence-electron chi connectivity index (χ1n) is 4.04. The Morgan fingerprint density at radius 3 is 2.93 bits per heavy atom. The molecule has 1 N–H and O–H groups in total. The van der Waals surface area contributed by atoms with E-state index < -0.39 is 0 Å². The molecule has 14 heavy (non-hydrogen) atoms. The number of aryl methyl sites for hydroxylation is 1. The third kappa shape index (κ3) is 1.85. The zero-order valence-electron chi connectivity index (χ0n) is 7.49. The molecule has 2 aromatic heterocycles. The van der Waals surface area contributed by atoms with Crippen LogP contribution in [0.3, 0.4) is 0 Å². The SMILES string of the molecule is Cc1cc(Cl)cnc1Oc1cnc[nH]1. The summed E-state index contributed by atoms with van der Waals surface area (Å²) >= 11 is 5.76. The van der Waals surface area contributed by atoms with Crippen LogP contribution in [-0.2, 0) is 0 Å². The number of rotatable bonds is 2. The van der Waals surface area contributed by atoms with Gasteiger partial charge in [-0.2, -0.15) is 0 Å². The monoisotopic (exact) mass is 209 g/mol. The van der Waals surface area contributed by atoms with E-state index in [1.165, 1.54) is 0 Å². The summed E-state index contributed by atoms with van der Waals surface area (Å²) in [5, 5.41) is 0.597. The zero-order chi connectivity index (χ0) is 9.97. The minimum absolute atomic E-state index is 0.527. The van der Waals surface area contributed by atoms with Crippen LogP contribution in [0.15, 0.2) is 24.8 Å². The van der Waals surface area contributed by atoms with Gasteiger partial charge < -0.3 is 9.72 Å². The molecule has 0 saturated carbocycles. The summed E-state index contributed by atoms with van der Waals surface area (Å²) in [7, 11) is 0. The second-order valence-corrected chi connectivity index (χ2v) is 3.23. The Balaban J connectivity index is 2.25. The van der Waals surface area contributed by atoms with Gasteiger partial charge in [0.1, 0.15) is 0 Å². The molecule has 4 nitrogen and oxygen atoms in total. The maximum Gasteiger partial charge on any atom is 0.224 e. The number of aromatic amines is 1. The van der Waals surface area contributed by atoms with Crippen LogP contribution in [0.5, 0.6) is 11.8 Å². The van der Waals surface area contributed by atoms with E-state index in [0.29, 0.717) is 16.8 Å². The average molecular weight is 210 g/mol. The van der Waals surface area contributed by atoms with Crippen LogP contribution in [0.25, 0.3) is 0 Å². The molecule has 0 aromatic carbocycles. The van der Waals surface area contributed by atoms with Crippen LogP contribution >= 0.6 is 11.6 Å². The first kappa shape index (κ1) is 9.02. The van der Waals surface area contributed by atoms with Crippen LogP contribution in [-0.4, -0.2) is 15.0 Å². The second kappa shape index (κ2) is 3.67. The van der Waals surface area contributed by atoms with Crippen molar-refractivity contribution in [2.75, 3.05) is 0 Å². The molecule has 0 saturated heterocycles. The van der Waals surface area contributed by atoms with Crippen molar-refractivity contribution in [1.29, 1.82) is 0 Å². The summed E-state index contributed by atoms with van der Waals surface area (Å²) in [5.74, 6) is 1.08. The maximum absolute atomic E-state index is 5.76. The molecule has 2 aromatic rings. The normalized spacial score (nSPS) is 10.1. The van der Waals surface area contributed by atoms with Crippen LogP contribution in [0.1, 0.15) is 5.56 Å². The molecule has 2 heterocycles. The number of imidazole rings is 1. The molecular formula is C9H8ClN3O. The van der Waals surface area contributed by atoms with Crippen molar-refractivity contribution in [2.45, 2.75) is 6.92 Å². The van der Waals surface area contributed by atoms with E-state index in [1.807, 2.05) is 6.92 Å². The lowest BCUT2D eigenvalue weighted by Gasteiger charge is -2.04. The Labute approximate surface area is 85.9 Å². The van der Waals surface area contributed by atoms with Gasteiger partial charge in [-0.05, 0) is 13.0 Å². The standard InChI is InChI=1S/C9H8ClN3O/c1-6-2-7(10)3-12-9(6)14-8-4-11-5-13-8/h2-5H,1H3,(H,11,13). The number of hydrogen-bond donors (Lipinski definition) is 1. The van der Waals surface area contributed by atoms with Crippen molar-refractivity contribution in [2.24, 2.45) is 0 Å². The van der Waals surface area contributed by atoms with Gasteiger partial charge in [-0.1, -0.05) is 11.6 Å². The Kier molecular flexibility index (Phi) is 2.37. The minimum Gasteiger partial charge on any atom is -0.421 e. The van der Waals surface area contributed by atoms with E-state index in [2.05, 4.69) is 15.0 Å². The maximum atomic E-state index is 5.76. The lowest BCUT2D eigenvalue weighted by Crippen LogP contribution is -1.90. The minimum atomic E-state index is 0.527. The lowest BCUT2D eigenvalue weighted by molar-refractivity contribution is 0.443. The molecule has 0 aliphatic heterocycles. The van der Waals surface area contributed by atoms with Gasteiger partial charge in [-0.25, -0.2) is 9.97 Å². The zero-order valence-corrected chi connectivity index (χ0v) is 8.25. The molecule has 0 aliphatic rings. The highest BCUT2D eigenvalue weighted by molar-refractivity contribution is 6.30. The molecule has 72 valence electrons. The predicted molar refractivity (Wildman–Crippen MR) is 52.6 cm³/mol. The summed E-state index contributed by atoms with van der Waals surface area (Å²) in [4.78, 5) is 10.7. The fourth-order valence-electron chi connectivity index (χ4n) is 1.04. The molecular weight excluding hydrogens is 202 g/mol. The van der Waals surface area contributed by atoms with Crippen molar-refractivity contribution in [3.8, 4) is 11.8 Å². The van der Waals surface area contributed by atoms with E-state index in [4.69, 9.17) is 16.3 Å². The number of halogens is 1. The fourth-order valence-corrected chi connectivity index (χ4v) is 1.25. The first-order valence-corrected chi connectivity index (χ1v) is 4.42. The molecule has 0 aliphatic carbocycles. The van der Waals surface area contributed by atoms with Gasteiger partial charge in [-0.15, -0.1) is 0 Å². The summed E-state index contributed by atoms with van der Waals surface area (Å²) in [6.45, 7) is 1.88. The van der Waals surface area contributed by atoms with Gasteiger partial charge in [0, 0.05) is 11.8 Å². The first-order chi connectivity index (χ1) is 6.75. The molecule has 0 unspecified atom stereocenters. The molecule has 0 amide bonds. The van der Waals surface area contributed by atoms with E-state index in [1.54, 1.807) is 24.8 Å². The number of hydrogen-bond acceptors (Lipinski definition) is 3. The molecule has 5 heteroatoms. The van der Waals surface area contributed by atoms with Gasteiger partial charge in [-0.3, -0.25) is 0 Å². The Morgan fingerprint density at radius 1 is 1.43 bits per heavy atom. The Bertz CT molecular complexity index is 428. The quantitative estimate of drug-likeness (QED) is 0.827. The number of aromatic nitrogens is 3. The van der Waals surface area contributed by atoms with Crippen molar-refractivity contribution in [3.05, 3.63) is 35.4 Å². The smallest absolute Gasteiger partial charge is 0.224 e. The van der Waals surface area contributed by atoms with Gasteiger partial charge >= 0.3 is 0 Å². The van der Waals surface area contributed by atoms with Crippen molar-refractivity contribution in [3.63, 3.8) is 0 Å². The van der Waals surface area contributed by atoms with Gasteiger partial charge in [0.15, 0.2) is 0 Å². The highest BCUT2D eigenvalue weighted by atomic mass is 35.5. The summed E-state index contributed by atoms with van der Waals surface area (Å²) in [6, 6.07) is 1.79. The van der Waals surface area contributed by atoms with Gasteiger partial charge in [0.25, 0.3) is 0 Å². The summed E-state index contributed by atoms with van der Waals surface area (Å²) in [6.07, 6.45) is 4.66. The van der Waals surface area contributed by atoms with Crippen molar-refractivity contribution >= 4 is 11.6 Å². The third-order valence-corrected chi connectivity index (χ3v) is 1.88. The molecule has 0 fully saturated rings. The highest BCUT2D eigenvalue weighted by Gasteiger charge is 2.03. The molecule has 0 bridgehead atoms. The number of H-pyrrole nitrogens is 1. The van der Waals surface area contributed by atoms with Crippen LogP contribution in [0, 0.1) is 6.92 Å².